The van der Waals surface area contributed by atoms with Gasteiger partial charge in [0.05, 0.1) is 11.2 Å². The molecule has 0 radical (unpaired) electrons. The molecule has 0 aliphatic carbocycles. The molecular formula is C15H21BF2O4. The van der Waals surface area contributed by atoms with Crippen LogP contribution in [-0.2, 0) is 14.0 Å². The summed E-state index contributed by atoms with van der Waals surface area (Å²) < 4.78 is 47.9. The van der Waals surface area contributed by atoms with E-state index in [1.165, 1.54) is 19.2 Å². The zero-order valence-electron chi connectivity index (χ0n) is 13.5. The molecule has 1 aliphatic heterocycles. The number of hydrogen-bond donors (Lipinski definition) is 0. The van der Waals surface area contributed by atoms with Crippen LogP contribution in [0.1, 0.15) is 39.7 Å². The fraction of sp³-hybridized carbons (Fsp3) is 0.600. The quantitative estimate of drug-likeness (QED) is 0.618. The number of methoxy groups -OCH3 is 1. The molecular weight excluding hydrogens is 293 g/mol. The molecule has 1 aromatic carbocycles. The van der Waals surface area contributed by atoms with Crippen LogP contribution in [0.4, 0.5) is 8.78 Å². The van der Waals surface area contributed by atoms with Crippen molar-refractivity contribution in [3.05, 3.63) is 23.8 Å². The van der Waals surface area contributed by atoms with Gasteiger partial charge in [-0.1, -0.05) is 12.1 Å². The average molecular weight is 314 g/mol. The molecule has 0 saturated carbocycles. The predicted octanol–water partition coefficient (Wildman–Crippen LogP) is 2.91. The maximum absolute atomic E-state index is 12.9. The first-order valence-electron chi connectivity index (χ1n) is 7.07. The third kappa shape index (κ3) is 3.26. The number of rotatable bonds is 5. The van der Waals surface area contributed by atoms with Gasteiger partial charge in [-0.2, -0.15) is 0 Å². The summed E-state index contributed by atoms with van der Waals surface area (Å²) in [7, 11) is 0.786. The molecule has 1 saturated heterocycles. The van der Waals surface area contributed by atoms with Gasteiger partial charge < -0.3 is 18.8 Å². The first kappa shape index (κ1) is 17.2. The van der Waals surface area contributed by atoms with Crippen LogP contribution in [0.25, 0.3) is 0 Å². The van der Waals surface area contributed by atoms with Gasteiger partial charge >= 0.3 is 7.12 Å². The molecule has 1 aliphatic rings. The van der Waals surface area contributed by atoms with Gasteiger partial charge in [-0.15, -0.1) is 0 Å². The monoisotopic (exact) mass is 314 g/mol. The molecule has 2 rings (SSSR count). The van der Waals surface area contributed by atoms with Crippen molar-refractivity contribution in [2.75, 3.05) is 13.9 Å². The minimum absolute atomic E-state index is 0.0425. The Morgan fingerprint density at radius 1 is 1.14 bits per heavy atom. The van der Waals surface area contributed by atoms with Crippen LogP contribution in [0.3, 0.4) is 0 Å². The molecule has 7 heteroatoms. The van der Waals surface area contributed by atoms with Crippen LogP contribution >= 0.6 is 0 Å². The first-order valence-corrected chi connectivity index (χ1v) is 7.07. The van der Waals surface area contributed by atoms with E-state index in [1.807, 2.05) is 27.7 Å². The molecule has 1 aromatic rings. The Morgan fingerprint density at radius 3 is 2.23 bits per heavy atom. The van der Waals surface area contributed by atoms with Crippen LogP contribution in [0, 0.1) is 0 Å². The molecule has 0 N–H and O–H groups in total. The standard InChI is InChI=1S/C15H21BF2O4/c1-14(2)15(3,4)22-16(21-14)11-7-6-10(13(17)18)8-12(11)20-9-19-5/h6-8,13H,9H2,1-5H3. The van der Waals surface area contributed by atoms with E-state index in [0.29, 0.717) is 5.46 Å². The van der Waals surface area contributed by atoms with Gasteiger partial charge in [-0.25, -0.2) is 8.78 Å². The molecule has 0 atom stereocenters. The second-order valence-corrected chi connectivity index (χ2v) is 6.24. The minimum Gasteiger partial charge on any atom is -0.468 e. The lowest BCUT2D eigenvalue weighted by atomic mass is 9.78. The molecule has 4 nitrogen and oxygen atoms in total. The zero-order valence-corrected chi connectivity index (χ0v) is 13.5. The predicted molar refractivity (Wildman–Crippen MR) is 79.6 cm³/mol. The Bertz CT molecular complexity index is 518. The van der Waals surface area contributed by atoms with Gasteiger partial charge in [0, 0.05) is 18.1 Å². The lowest BCUT2D eigenvalue weighted by Gasteiger charge is -2.32. The van der Waals surface area contributed by atoms with E-state index in [9.17, 15) is 8.78 Å². The lowest BCUT2D eigenvalue weighted by Crippen LogP contribution is -2.41. The van der Waals surface area contributed by atoms with Gasteiger partial charge in [0.15, 0.2) is 6.79 Å². The molecule has 1 fully saturated rings. The minimum atomic E-state index is -2.57. The van der Waals surface area contributed by atoms with Crippen molar-refractivity contribution in [1.82, 2.24) is 0 Å². The summed E-state index contributed by atoms with van der Waals surface area (Å²) in [5, 5.41) is 0. The van der Waals surface area contributed by atoms with E-state index in [-0.39, 0.29) is 18.1 Å². The first-order chi connectivity index (χ1) is 10.2. The summed E-state index contributed by atoms with van der Waals surface area (Å²) in [6.07, 6.45) is -2.57. The molecule has 1 heterocycles. The van der Waals surface area contributed by atoms with Gasteiger partial charge in [-0.05, 0) is 33.8 Å². The Labute approximate surface area is 129 Å². The molecule has 0 aromatic heterocycles. The lowest BCUT2D eigenvalue weighted by molar-refractivity contribution is 0.00578. The van der Waals surface area contributed by atoms with E-state index in [4.69, 9.17) is 18.8 Å². The van der Waals surface area contributed by atoms with Gasteiger partial charge in [0.1, 0.15) is 5.75 Å². The molecule has 22 heavy (non-hydrogen) atoms. The fourth-order valence-electron chi connectivity index (χ4n) is 2.10. The normalized spacial score (nSPS) is 19.7. The van der Waals surface area contributed by atoms with Crippen molar-refractivity contribution in [2.24, 2.45) is 0 Å². The van der Waals surface area contributed by atoms with Crippen LogP contribution in [0.2, 0.25) is 0 Å². The second kappa shape index (κ2) is 6.14. The van der Waals surface area contributed by atoms with E-state index >= 15 is 0 Å². The van der Waals surface area contributed by atoms with Crippen LogP contribution < -0.4 is 10.2 Å². The van der Waals surface area contributed by atoms with E-state index in [2.05, 4.69) is 0 Å². The zero-order chi connectivity index (χ0) is 16.5. The largest absolute Gasteiger partial charge is 0.498 e. The highest BCUT2D eigenvalue weighted by Gasteiger charge is 2.52. The SMILES string of the molecule is COCOc1cc(C(F)F)ccc1B1OC(C)(C)C(C)(C)O1. The summed E-state index contributed by atoms with van der Waals surface area (Å²) in [5.74, 6) is 0.276. The van der Waals surface area contributed by atoms with Crippen molar-refractivity contribution < 1.29 is 27.6 Å². The topological polar surface area (TPSA) is 36.9 Å². The molecule has 0 spiro atoms. The summed E-state index contributed by atoms with van der Waals surface area (Å²) in [4.78, 5) is 0. The van der Waals surface area contributed by atoms with Crippen LogP contribution in [0.5, 0.6) is 5.75 Å². The second-order valence-electron chi connectivity index (χ2n) is 6.24. The highest BCUT2D eigenvalue weighted by molar-refractivity contribution is 6.63. The third-order valence-electron chi connectivity index (χ3n) is 4.13. The number of benzene rings is 1. The van der Waals surface area contributed by atoms with E-state index in [0.717, 1.165) is 0 Å². The van der Waals surface area contributed by atoms with Gasteiger partial charge in [0.2, 0.25) is 0 Å². The Hall–Kier alpha value is -1.18. The maximum Gasteiger partial charge on any atom is 0.498 e. The maximum atomic E-state index is 12.9. The fourth-order valence-corrected chi connectivity index (χ4v) is 2.10. The van der Waals surface area contributed by atoms with E-state index in [1.54, 1.807) is 6.07 Å². The Kier molecular flexibility index (Phi) is 4.80. The van der Waals surface area contributed by atoms with Gasteiger partial charge in [-0.3, -0.25) is 0 Å². The summed E-state index contributed by atoms with van der Waals surface area (Å²) >= 11 is 0. The van der Waals surface area contributed by atoms with Crippen LogP contribution in [-0.4, -0.2) is 32.2 Å². The average Bonchev–Trinajstić information content (AvgIpc) is 2.64. The summed E-state index contributed by atoms with van der Waals surface area (Å²) in [6.45, 7) is 7.66. The highest BCUT2D eigenvalue weighted by Crippen LogP contribution is 2.37. The van der Waals surface area contributed by atoms with Crippen molar-refractivity contribution >= 4 is 12.6 Å². The third-order valence-corrected chi connectivity index (χ3v) is 4.13. The summed E-state index contributed by atoms with van der Waals surface area (Å²) in [5.41, 5.74) is -0.582. The molecule has 0 bridgehead atoms. The molecule has 122 valence electrons. The number of hydrogen-bond acceptors (Lipinski definition) is 4. The summed E-state index contributed by atoms with van der Waals surface area (Å²) in [6, 6.07) is 4.20. The van der Waals surface area contributed by atoms with Crippen molar-refractivity contribution in [2.45, 2.75) is 45.3 Å². The van der Waals surface area contributed by atoms with E-state index < -0.39 is 24.7 Å². The number of halogens is 2. The van der Waals surface area contributed by atoms with Gasteiger partial charge in [0.25, 0.3) is 6.43 Å². The smallest absolute Gasteiger partial charge is 0.468 e. The van der Waals surface area contributed by atoms with Crippen molar-refractivity contribution in [3.63, 3.8) is 0 Å². The van der Waals surface area contributed by atoms with Crippen LogP contribution in [0.15, 0.2) is 18.2 Å². The molecule has 0 unspecified atom stereocenters. The van der Waals surface area contributed by atoms with Crippen molar-refractivity contribution in [3.8, 4) is 5.75 Å². The Morgan fingerprint density at radius 2 is 1.73 bits per heavy atom. The van der Waals surface area contributed by atoms with Crippen molar-refractivity contribution in [1.29, 1.82) is 0 Å². The number of alkyl halides is 2. The number of ether oxygens (including phenoxy) is 2. The molecule has 0 amide bonds. The highest BCUT2D eigenvalue weighted by atomic mass is 19.3. The Balaban J connectivity index is 2.34.